The van der Waals surface area contributed by atoms with E-state index >= 15 is 0 Å². The molecule has 0 heterocycles. The Bertz CT molecular complexity index is 765. The van der Waals surface area contributed by atoms with Crippen molar-refractivity contribution >= 4 is 23.0 Å². The predicted molar refractivity (Wildman–Crippen MR) is 88.9 cm³/mol. The lowest BCUT2D eigenvalue weighted by Gasteiger charge is -2.15. The van der Waals surface area contributed by atoms with E-state index < -0.39 is 17.5 Å². The number of allylic oxidation sites excluding steroid dienone is 1. The molecule has 0 bridgehead atoms. The summed E-state index contributed by atoms with van der Waals surface area (Å²) in [6.45, 7) is 0. The Hall–Kier alpha value is -2.27. The summed E-state index contributed by atoms with van der Waals surface area (Å²) in [6.07, 6.45) is -3.10. The molecular weight excluding hydrogens is 339 g/mol. The monoisotopic (exact) mass is 353 g/mol. The van der Waals surface area contributed by atoms with Crippen LogP contribution in [0.4, 0.5) is 13.2 Å². The SMILES string of the molecule is CN(C)/C=C(/C(=O)c1ccccc1C(F)(F)F)c1ccc(Cl)cc1. The first-order valence-corrected chi connectivity index (χ1v) is 7.43. The Morgan fingerprint density at radius 3 is 2.17 bits per heavy atom. The third-order valence-electron chi connectivity index (χ3n) is 3.26. The van der Waals surface area contributed by atoms with Crippen LogP contribution in [0, 0.1) is 0 Å². The molecule has 6 heteroatoms. The molecule has 0 aromatic heterocycles. The summed E-state index contributed by atoms with van der Waals surface area (Å²) < 4.78 is 39.6. The Labute approximate surface area is 143 Å². The van der Waals surface area contributed by atoms with Gasteiger partial charge in [0.05, 0.1) is 5.56 Å². The van der Waals surface area contributed by atoms with E-state index in [0.717, 1.165) is 6.07 Å². The maximum Gasteiger partial charge on any atom is 0.417 e. The first kappa shape index (κ1) is 18.1. The molecule has 0 amide bonds. The quantitative estimate of drug-likeness (QED) is 0.560. The number of carbonyl (C=O) groups is 1. The van der Waals surface area contributed by atoms with E-state index in [0.29, 0.717) is 10.6 Å². The molecule has 2 nitrogen and oxygen atoms in total. The van der Waals surface area contributed by atoms with E-state index in [1.807, 2.05) is 0 Å². The lowest BCUT2D eigenvalue weighted by molar-refractivity contribution is -0.137. The zero-order chi connectivity index (χ0) is 17.9. The second-order valence-corrected chi connectivity index (χ2v) is 5.82. The largest absolute Gasteiger partial charge is 0.417 e. The van der Waals surface area contributed by atoms with Crippen molar-refractivity contribution in [1.29, 1.82) is 0 Å². The number of nitrogens with zero attached hydrogens (tertiary/aromatic N) is 1. The summed E-state index contributed by atoms with van der Waals surface area (Å²) in [5, 5.41) is 0.478. The van der Waals surface area contributed by atoms with Crippen molar-refractivity contribution in [2.45, 2.75) is 6.18 Å². The molecule has 24 heavy (non-hydrogen) atoms. The third-order valence-corrected chi connectivity index (χ3v) is 3.52. The van der Waals surface area contributed by atoms with E-state index in [2.05, 4.69) is 0 Å². The van der Waals surface area contributed by atoms with Crippen LogP contribution in [0.2, 0.25) is 5.02 Å². The second kappa shape index (κ2) is 7.09. The number of carbonyl (C=O) groups excluding carboxylic acids is 1. The third kappa shape index (κ3) is 4.17. The molecule has 0 radical (unpaired) electrons. The number of rotatable bonds is 4. The van der Waals surface area contributed by atoms with E-state index in [4.69, 9.17) is 11.6 Å². The molecule has 0 fully saturated rings. The molecule has 0 saturated heterocycles. The first-order chi connectivity index (χ1) is 11.2. The van der Waals surface area contributed by atoms with Crippen molar-refractivity contribution in [1.82, 2.24) is 4.90 Å². The maximum atomic E-state index is 13.2. The average molecular weight is 354 g/mol. The normalized spacial score (nSPS) is 12.2. The second-order valence-electron chi connectivity index (χ2n) is 5.39. The number of hydrogen-bond donors (Lipinski definition) is 0. The van der Waals surface area contributed by atoms with Crippen molar-refractivity contribution in [3.05, 3.63) is 76.4 Å². The van der Waals surface area contributed by atoms with Gasteiger partial charge in [0.15, 0.2) is 5.78 Å². The molecule has 0 unspecified atom stereocenters. The molecule has 2 aromatic rings. The van der Waals surface area contributed by atoms with E-state index in [-0.39, 0.29) is 11.1 Å². The topological polar surface area (TPSA) is 20.3 Å². The van der Waals surface area contributed by atoms with Crippen molar-refractivity contribution in [2.24, 2.45) is 0 Å². The van der Waals surface area contributed by atoms with Gasteiger partial charge >= 0.3 is 6.18 Å². The minimum absolute atomic E-state index is 0.161. The lowest BCUT2D eigenvalue weighted by atomic mass is 9.94. The fourth-order valence-corrected chi connectivity index (χ4v) is 2.35. The average Bonchev–Trinajstić information content (AvgIpc) is 2.52. The van der Waals surface area contributed by atoms with Crippen LogP contribution in [-0.2, 0) is 6.18 Å². The van der Waals surface area contributed by atoms with Crippen LogP contribution in [0.5, 0.6) is 0 Å². The highest BCUT2D eigenvalue weighted by atomic mass is 35.5. The zero-order valence-corrected chi connectivity index (χ0v) is 13.8. The summed E-state index contributed by atoms with van der Waals surface area (Å²) in [6, 6.07) is 11.1. The highest BCUT2D eigenvalue weighted by molar-refractivity contribution is 6.31. The fraction of sp³-hybridized carbons (Fsp3) is 0.167. The van der Waals surface area contributed by atoms with Crippen molar-refractivity contribution in [3.8, 4) is 0 Å². The minimum atomic E-state index is -4.60. The Morgan fingerprint density at radius 2 is 1.62 bits per heavy atom. The number of alkyl halides is 3. The van der Waals surface area contributed by atoms with Crippen LogP contribution in [0.25, 0.3) is 5.57 Å². The van der Waals surface area contributed by atoms with Gasteiger partial charge in [-0.2, -0.15) is 13.2 Å². The fourth-order valence-electron chi connectivity index (χ4n) is 2.23. The van der Waals surface area contributed by atoms with Crippen LogP contribution in [0.3, 0.4) is 0 Å². The number of hydrogen-bond acceptors (Lipinski definition) is 2. The molecule has 0 atom stereocenters. The van der Waals surface area contributed by atoms with Gasteiger partial charge in [-0.15, -0.1) is 0 Å². The predicted octanol–water partition coefficient (Wildman–Crippen LogP) is 5.14. The summed E-state index contributed by atoms with van der Waals surface area (Å²) in [4.78, 5) is 14.4. The zero-order valence-electron chi connectivity index (χ0n) is 13.1. The first-order valence-electron chi connectivity index (χ1n) is 7.05. The number of benzene rings is 2. The summed E-state index contributed by atoms with van der Waals surface area (Å²) >= 11 is 5.84. The van der Waals surface area contributed by atoms with Gasteiger partial charge in [0.1, 0.15) is 0 Å². The van der Waals surface area contributed by atoms with Gasteiger partial charge in [0.25, 0.3) is 0 Å². The molecule has 0 spiro atoms. The standard InChI is InChI=1S/C18H15ClF3NO/c1-23(2)11-15(12-7-9-13(19)10-8-12)17(24)14-5-3-4-6-16(14)18(20,21)22/h3-11H,1-2H3/b15-11+. The maximum absolute atomic E-state index is 13.2. The van der Waals surface area contributed by atoms with Crippen LogP contribution < -0.4 is 0 Å². The van der Waals surface area contributed by atoms with Gasteiger partial charge in [-0.3, -0.25) is 4.79 Å². The minimum Gasteiger partial charge on any atom is -0.383 e. The Kier molecular flexibility index (Phi) is 5.34. The molecule has 0 aliphatic carbocycles. The molecule has 0 saturated carbocycles. The molecule has 126 valence electrons. The highest BCUT2D eigenvalue weighted by Crippen LogP contribution is 2.34. The number of halogens is 4. The lowest BCUT2D eigenvalue weighted by Crippen LogP contribution is -2.15. The van der Waals surface area contributed by atoms with Crippen LogP contribution >= 0.6 is 11.6 Å². The smallest absolute Gasteiger partial charge is 0.383 e. The van der Waals surface area contributed by atoms with Gasteiger partial charge in [-0.05, 0) is 23.8 Å². The van der Waals surface area contributed by atoms with Gasteiger partial charge < -0.3 is 4.90 Å². The van der Waals surface area contributed by atoms with Gasteiger partial charge in [0.2, 0.25) is 0 Å². The van der Waals surface area contributed by atoms with Crippen molar-refractivity contribution in [2.75, 3.05) is 14.1 Å². The highest BCUT2D eigenvalue weighted by Gasteiger charge is 2.35. The molecule has 2 aromatic carbocycles. The van der Waals surface area contributed by atoms with Crippen molar-refractivity contribution < 1.29 is 18.0 Å². The van der Waals surface area contributed by atoms with Gasteiger partial charge in [-0.25, -0.2) is 0 Å². The van der Waals surface area contributed by atoms with Crippen LogP contribution in [-0.4, -0.2) is 24.8 Å². The van der Waals surface area contributed by atoms with E-state index in [9.17, 15) is 18.0 Å². The van der Waals surface area contributed by atoms with Crippen LogP contribution in [0.15, 0.2) is 54.7 Å². The van der Waals surface area contributed by atoms with Gasteiger partial charge in [-0.1, -0.05) is 41.9 Å². The molecular formula is C18H15ClF3NO. The summed E-state index contributed by atoms with van der Waals surface area (Å²) in [7, 11) is 3.39. The summed E-state index contributed by atoms with van der Waals surface area (Å²) in [5.74, 6) is -0.695. The van der Waals surface area contributed by atoms with Crippen LogP contribution in [0.1, 0.15) is 21.5 Å². The van der Waals surface area contributed by atoms with E-state index in [1.54, 1.807) is 43.3 Å². The molecule has 2 rings (SSSR count). The Balaban J connectivity index is 2.57. The van der Waals surface area contributed by atoms with Gasteiger partial charge in [0, 0.05) is 36.5 Å². The van der Waals surface area contributed by atoms with E-state index in [1.165, 1.54) is 24.4 Å². The molecule has 0 N–H and O–H groups in total. The number of Topliss-reactive ketones (excluding diaryl/α,β-unsaturated/α-hetero) is 1. The molecule has 0 aliphatic heterocycles. The number of ketones is 1. The Morgan fingerprint density at radius 1 is 1.04 bits per heavy atom. The molecule has 0 aliphatic rings. The summed E-state index contributed by atoms with van der Waals surface area (Å²) in [5.41, 5.74) is -0.676. The van der Waals surface area contributed by atoms with Crippen molar-refractivity contribution in [3.63, 3.8) is 0 Å².